The van der Waals surface area contributed by atoms with E-state index >= 15 is 4.39 Å². The van der Waals surface area contributed by atoms with E-state index in [4.69, 9.17) is 11.6 Å². The minimum atomic E-state index is -1.11. The highest BCUT2D eigenvalue weighted by Gasteiger charge is 2.43. The highest BCUT2D eigenvalue weighted by Crippen LogP contribution is 2.40. The monoisotopic (exact) mass is 473 g/mol. The number of nitrogens with one attached hydrogen (secondary N) is 3. The van der Waals surface area contributed by atoms with E-state index in [1.54, 1.807) is 23.7 Å². The van der Waals surface area contributed by atoms with Crippen molar-refractivity contribution in [2.45, 2.75) is 32.5 Å². The Morgan fingerprint density at radius 1 is 1.33 bits per heavy atom. The molecule has 1 saturated carbocycles. The number of H-pyrrole nitrogens is 1. The Hall–Kier alpha value is -3.60. The first-order chi connectivity index (χ1) is 15.7. The average molecular weight is 474 g/mol. The molecule has 0 spiro atoms. The number of aromatic nitrogens is 5. The Kier molecular flexibility index (Phi) is 5.00. The summed E-state index contributed by atoms with van der Waals surface area (Å²) in [4.78, 5) is 32.1. The molecule has 3 N–H and O–H groups in total. The summed E-state index contributed by atoms with van der Waals surface area (Å²) in [6.07, 6.45) is 5.21. The van der Waals surface area contributed by atoms with Gasteiger partial charge >= 0.3 is 0 Å². The van der Waals surface area contributed by atoms with Gasteiger partial charge in [-0.05, 0) is 13.3 Å². The highest BCUT2D eigenvalue weighted by molar-refractivity contribution is 6.35. The Balaban J connectivity index is 1.57. The van der Waals surface area contributed by atoms with Gasteiger partial charge in [-0.2, -0.15) is 5.10 Å². The number of anilines is 1. The number of hydrogen-bond acceptors (Lipinski definition) is 5. The third-order valence-corrected chi connectivity index (χ3v) is 5.93. The molecule has 33 heavy (non-hydrogen) atoms. The zero-order valence-corrected chi connectivity index (χ0v) is 18.2. The van der Waals surface area contributed by atoms with Gasteiger partial charge < -0.3 is 15.0 Å². The van der Waals surface area contributed by atoms with E-state index in [1.165, 1.54) is 19.3 Å². The van der Waals surface area contributed by atoms with Crippen LogP contribution in [0.5, 0.6) is 0 Å². The van der Waals surface area contributed by atoms with Crippen LogP contribution in [0.15, 0.2) is 24.8 Å². The maximum atomic E-state index is 15.4. The third kappa shape index (κ3) is 3.67. The SMILES string of the molecule is CC(=O)NC(C)c1c(F)c(Cl)c(-c2cn3cc(NC(=O)C4CC4F)nc3cn2)c2cn[nH]c12. The van der Waals surface area contributed by atoms with E-state index in [0.29, 0.717) is 27.8 Å². The summed E-state index contributed by atoms with van der Waals surface area (Å²) < 4.78 is 30.1. The second kappa shape index (κ2) is 7.77. The van der Waals surface area contributed by atoms with Crippen molar-refractivity contribution in [2.75, 3.05) is 5.32 Å². The maximum Gasteiger partial charge on any atom is 0.231 e. The summed E-state index contributed by atoms with van der Waals surface area (Å²) in [5.74, 6) is -1.82. The van der Waals surface area contributed by atoms with E-state index in [2.05, 4.69) is 30.8 Å². The standard InChI is InChI=1S/C21H18ClF2N7O2/c1-8(27-9(2)32)16-19(24)18(22)17(11-4-26-30-20(11)16)13-6-31-7-14(28-15(31)5-25-13)29-21(33)10-3-12(10)23/h4-8,10,12H,3H2,1-2H3,(H,26,30)(H,27,32)(H,29,33). The number of hydrogen-bond donors (Lipinski definition) is 3. The molecule has 0 radical (unpaired) electrons. The van der Waals surface area contributed by atoms with E-state index in [9.17, 15) is 14.0 Å². The summed E-state index contributed by atoms with van der Waals surface area (Å²) in [6, 6.07) is -0.650. The van der Waals surface area contributed by atoms with Crippen LogP contribution in [0.3, 0.4) is 0 Å². The van der Waals surface area contributed by atoms with Crippen LogP contribution in [-0.4, -0.2) is 42.6 Å². The van der Waals surface area contributed by atoms with Gasteiger partial charge in [0.25, 0.3) is 0 Å². The lowest BCUT2D eigenvalue weighted by atomic mass is 9.98. The predicted molar refractivity (Wildman–Crippen MR) is 117 cm³/mol. The van der Waals surface area contributed by atoms with Gasteiger partial charge in [-0.25, -0.2) is 13.8 Å². The van der Waals surface area contributed by atoms with Crippen molar-refractivity contribution in [3.05, 3.63) is 41.2 Å². The number of fused-ring (bicyclic) bond motifs is 2. The molecule has 4 aromatic rings. The van der Waals surface area contributed by atoms with Crippen molar-refractivity contribution in [2.24, 2.45) is 5.92 Å². The smallest absolute Gasteiger partial charge is 0.231 e. The fraction of sp³-hybridized carbons (Fsp3) is 0.286. The Bertz CT molecular complexity index is 1430. The molecule has 170 valence electrons. The van der Waals surface area contributed by atoms with Crippen LogP contribution >= 0.6 is 11.6 Å². The first-order valence-electron chi connectivity index (χ1n) is 10.2. The fourth-order valence-electron chi connectivity index (χ4n) is 3.91. The predicted octanol–water partition coefficient (Wildman–Crippen LogP) is 3.56. The molecule has 5 rings (SSSR count). The Morgan fingerprint density at radius 2 is 2.09 bits per heavy atom. The lowest BCUT2D eigenvalue weighted by Gasteiger charge is -2.17. The molecule has 12 heteroatoms. The molecule has 0 bridgehead atoms. The molecule has 3 heterocycles. The van der Waals surface area contributed by atoms with Gasteiger partial charge in [0.05, 0.1) is 46.8 Å². The third-order valence-electron chi connectivity index (χ3n) is 5.58. The van der Waals surface area contributed by atoms with Gasteiger partial charge in [0.15, 0.2) is 11.5 Å². The van der Waals surface area contributed by atoms with Gasteiger partial charge in [-0.1, -0.05) is 11.6 Å². The second-order valence-corrected chi connectivity index (χ2v) is 8.39. The summed E-state index contributed by atoms with van der Waals surface area (Å²) in [6.45, 7) is 2.99. The number of carbonyl (C=O) groups excluding carboxylic acids is 2. The van der Waals surface area contributed by atoms with Crippen LogP contribution in [0.2, 0.25) is 5.02 Å². The molecule has 3 unspecified atom stereocenters. The number of amides is 2. The first kappa shape index (κ1) is 21.3. The van der Waals surface area contributed by atoms with Crippen molar-refractivity contribution in [3.8, 4) is 11.3 Å². The van der Waals surface area contributed by atoms with Crippen molar-refractivity contribution in [1.82, 2.24) is 29.9 Å². The van der Waals surface area contributed by atoms with Crippen molar-refractivity contribution < 1.29 is 18.4 Å². The lowest BCUT2D eigenvalue weighted by Crippen LogP contribution is -2.24. The van der Waals surface area contributed by atoms with Crippen LogP contribution < -0.4 is 10.6 Å². The lowest BCUT2D eigenvalue weighted by molar-refractivity contribution is -0.119. The molecule has 3 atom stereocenters. The molecule has 9 nitrogen and oxygen atoms in total. The number of nitrogens with zero attached hydrogens (tertiary/aromatic N) is 4. The summed E-state index contributed by atoms with van der Waals surface area (Å²) in [5.41, 5.74) is 1.66. The van der Waals surface area contributed by atoms with Crippen LogP contribution in [0.1, 0.15) is 31.9 Å². The molecule has 1 fully saturated rings. The molecular weight excluding hydrogens is 456 g/mol. The molecule has 0 saturated heterocycles. The number of alkyl halides is 1. The number of imidazole rings is 1. The van der Waals surface area contributed by atoms with Crippen LogP contribution in [-0.2, 0) is 9.59 Å². The topological polar surface area (TPSA) is 117 Å². The highest BCUT2D eigenvalue weighted by atomic mass is 35.5. The fourth-order valence-corrected chi connectivity index (χ4v) is 4.21. The molecule has 1 aliphatic rings. The number of halogens is 3. The van der Waals surface area contributed by atoms with Gasteiger partial charge in [0, 0.05) is 29.6 Å². The summed E-state index contributed by atoms with van der Waals surface area (Å²) >= 11 is 6.44. The number of carbonyl (C=O) groups is 2. The van der Waals surface area contributed by atoms with Crippen LogP contribution in [0, 0.1) is 11.7 Å². The molecule has 3 aromatic heterocycles. The Labute approximate surface area is 190 Å². The first-order valence-corrected chi connectivity index (χ1v) is 10.5. The minimum absolute atomic E-state index is 0.167. The van der Waals surface area contributed by atoms with Crippen LogP contribution in [0.4, 0.5) is 14.6 Å². The molecule has 2 amide bonds. The summed E-state index contributed by atoms with van der Waals surface area (Å²) in [7, 11) is 0. The molecule has 0 aliphatic heterocycles. The van der Waals surface area contributed by atoms with E-state index < -0.39 is 29.9 Å². The van der Waals surface area contributed by atoms with Crippen molar-refractivity contribution in [1.29, 1.82) is 0 Å². The quantitative estimate of drug-likeness (QED) is 0.409. The number of aromatic amines is 1. The zero-order chi connectivity index (χ0) is 23.4. The number of rotatable bonds is 5. The maximum absolute atomic E-state index is 15.4. The van der Waals surface area contributed by atoms with Gasteiger partial charge in [0.2, 0.25) is 11.8 Å². The van der Waals surface area contributed by atoms with E-state index in [0.717, 1.165) is 0 Å². The summed E-state index contributed by atoms with van der Waals surface area (Å²) in [5, 5.41) is 12.4. The minimum Gasteiger partial charge on any atom is -0.350 e. The van der Waals surface area contributed by atoms with Crippen molar-refractivity contribution >= 4 is 45.8 Å². The normalized spacial score (nSPS) is 18.5. The zero-order valence-electron chi connectivity index (χ0n) is 17.5. The Morgan fingerprint density at radius 3 is 2.79 bits per heavy atom. The van der Waals surface area contributed by atoms with Crippen molar-refractivity contribution in [3.63, 3.8) is 0 Å². The molecule has 1 aromatic carbocycles. The second-order valence-electron chi connectivity index (χ2n) is 8.01. The average Bonchev–Trinajstić information content (AvgIpc) is 3.12. The molecule has 1 aliphatic carbocycles. The van der Waals surface area contributed by atoms with E-state index in [1.807, 2.05) is 0 Å². The van der Waals surface area contributed by atoms with Gasteiger partial charge in [-0.15, -0.1) is 0 Å². The largest absolute Gasteiger partial charge is 0.350 e. The van der Waals surface area contributed by atoms with Gasteiger partial charge in [0.1, 0.15) is 12.0 Å². The van der Waals surface area contributed by atoms with Crippen LogP contribution in [0.25, 0.3) is 27.8 Å². The number of benzene rings is 1. The molecular formula is C21H18ClF2N7O2. The van der Waals surface area contributed by atoms with E-state index in [-0.39, 0.29) is 28.7 Å². The van der Waals surface area contributed by atoms with Gasteiger partial charge in [-0.3, -0.25) is 19.7 Å².